The van der Waals surface area contributed by atoms with Crippen molar-refractivity contribution in [3.8, 4) is 0 Å². The van der Waals surface area contributed by atoms with E-state index in [0.29, 0.717) is 18.7 Å². The molecule has 0 aromatic carbocycles. The molecule has 7 nitrogen and oxygen atoms in total. The minimum absolute atomic E-state index is 0.0218. The molecule has 1 aromatic rings. The minimum Gasteiger partial charge on any atom is -0.396 e. The topological polar surface area (TPSA) is 102 Å². The predicted molar refractivity (Wildman–Crippen MR) is 62.5 cm³/mol. The summed E-state index contributed by atoms with van der Waals surface area (Å²) < 4.78 is 6.42. The highest BCUT2D eigenvalue weighted by molar-refractivity contribution is 5.97. The fraction of sp³-hybridized carbons (Fsp3) is 0.600. The van der Waals surface area contributed by atoms with Crippen molar-refractivity contribution in [2.75, 3.05) is 26.1 Å². The van der Waals surface area contributed by atoms with Gasteiger partial charge in [0.2, 0.25) is 0 Å². The van der Waals surface area contributed by atoms with Crippen LogP contribution in [-0.2, 0) is 11.8 Å². The quantitative estimate of drug-likeness (QED) is 0.601. The molecule has 0 aliphatic heterocycles. The van der Waals surface area contributed by atoms with Crippen molar-refractivity contribution >= 4 is 11.6 Å². The van der Waals surface area contributed by atoms with Crippen molar-refractivity contribution in [2.45, 2.75) is 12.5 Å². The van der Waals surface area contributed by atoms with Gasteiger partial charge in [0.25, 0.3) is 5.91 Å². The first kappa shape index (κ1) is 13.5. The van der Waals surface area contributed by atoms with Gasteiger partial charge in [-0.15, -0.1) is 0 Å². The van der Waals surface area contributed by atoms with E-state index in [1.54, 1.807) is 13.2 Å². The zero-order valence-electron chi connectivity index (χ0n) is 10.0. The lowest BCUT2D eigenvalue weighted by molar-refractivity contribution is 0.0874. The van der Waals surface area contributed by atoms with Crippen LogP contribution in [0.25, 0.3) is 0 Å². The summed E-state index contributed by atoms with van der Waals surface area (Å²) in [5.41, 5.74) is 6.15. The van der Waals surface area contributed by atoms with Crippen LogP contribution in [0.3, 0.4) is 0 Å². The molecule has 0 radical (unpaired) electrons. The lowest BCUT2D eigenvalue weighted by Gasteiger charge is -2.16. The van der Waals surface area contributed by atoms with E-state index in [4.69, 9.17) is 15.6 Å². The molecule has 4 N–H and O–H groups in total. The van der Waals surface area contributed by atoms with Crippen LogP contribution in [0, 0.1) is 0 Å². The van der Waals surface area contributed by atoms with E-state index in [-0.39, 0.29) is 24.2 Å². The van der Waals surface area contributed by atoms with Gasteiger partial charge < -0.3 is 20.9 Å². The number of nitrogens with two attached hydrogens (primary N) is 1. The van der Waals surface area contributed by atoms with E-state index in [2.05, 4.69) is 10.4 Å². The highest BCUT2D eigenvalue weighted by atomic mass is 16.5. The molecule has 17 heavy (non-hydrogen) atoms. The van der Waals surface area contributed by atoms with E-state index in [1.165, 1.54) is 11.8 Å². The third-order valence-electron chi connectivity index (χ3n) is 2.25. The summed E-state index contributed by atoms with van der Waals surface area (Å²) in [5.74, 6) is -0.362. The number of hydrogen-bond acceptors (Lipinski definition) is 5. The Hall–Kier alpha value is -1.60. The fourth-order valence-corrected chi connectivity index (χ4v) is 1.49. The first-order valence-electron chi connectivity index (χ1n) is 5.28. The zero-order valence-corrected chi connectivity index (χ0v) is 10.0. The molecule has 0 saturated carbocycles. The molecule has 1 unspecified atom stereocenters. The number of nitrogen functional groups attached to an aromatic ring is 1. The van der Waals surface area contributed by atoms with Crippen molar-refractivity contribution in [3.63, 3.8) is 0 Å². The number of amides is 1. The number of aliphatic hydroxyl groups is 1. The SMILES string of the molecule is COCC(CCO)NC(=O)c1nn(C)cc1N. The summed E-state index contributed by atoms with van der Waals surface area (Å²) in [7, 11) is 3.22. The Kier molecular flexibility index (Phi) is 4.92. The van der Waals surface area contributed by atoms with Crippen LogP contribution in [0.2, 0.25) is 0 Å². The Morgan fingerprint density at radius 2 is 2.47 bits per heavy atom. The average molecular weight is 242 g/mol. The number of nitrogens with zero attached hydrogens (tertiary/aromatic N) is 2. The highest BCUT2D eigenvalue weighted by Crippen LogP contribution is 2.08. The normalized spacial score (nSPS) is 12.4. The maximum absolute atomic E-state index is 11.8. The molecule has 1 amide bonds. The van der Waals surface area contributed by atoms with Crippen LogP contribution in [0.15, 0.2) is 6.20 Å². The molecule has 7 heteroatoms. The van der Waals surface area contributed by atoms with Crippen LogP contribution < -0.4 is 11.1 Å². The molecule has 1 atom stereocenters. The summed E-state index contributed by atoms with van der Waals surface area (Å²) in [5, 5.41) is 15.5. The first-order valence-corrected chi connectivity index (χ1v) is 5.28. The molecule has 0 aliphatic carbocycles. The van der Waals surface area contributed by atoms with Gasteiger partial charge in [-0.25, -0.2) is 0 Å². The fourth-order valence-electron chi connectivity index (χ4n) is 1.49. The van der Waals surface area contributed by atoms with E-state index < -0.39 is 0 Å². The molecule has 0 fully saturated rings. The number of nitrogens with one attached hydrogen (secondary N) is 1. The van der Waals surface area contributed by atoms with Crippen molar-refractivity contribution in [1.29, 1.82) is 0 Å². The number of hydrogen-bond donors (Lipinski definition) is 3. The number of methoxy groups -OCH3 is 1. The Bertz CT molecular complexity index is 372. The third kappa shape index (κ3) is 3.72. The van der Waals surface area contributed by atoms with Crippen LogP contribution >= 0.6 is 0 Å². The number of carbonyl (C=O) groups excluding carboxylic acids is 1. The molecular formula is C10H18N4O3. The monoisotopic (exact) mass is 242 g/mol. The number of carbonyl (C=O) groups is 1. The summed E-state index contributed by atoms with van der Waals surface area (Å²) >= 11 is 0. The third-order valence-corrected chi connectivity index (χ3v) is 2.25. The van der Waals surface area contributed by atoms with Crippen molar-refractivity contribution in [1.82, 2.24) is 15.1 Å². The Morgan fingerprint density at radius 3 is 2.94 bits per heavy atom. The lowest BCUT2D eigenvalue weighted by Crippen LogP contribution is -2.39. The van der Waals surface area contributed by atoms with Crippen LogP contribution in [0.1, 0.15) is 16.9 Å². The standard InChI is InChI=1S/C10H18N4O3/c1-14-5-8(11)9(13-14)10(16)12-7(3-4-15)6-17-2/h5,7,15H,3-4,6,11H2,1-2H3,(H,12,16). The molecule has 1 rings (SSSR count). The molecule has 96 valence electrons. The Balaban J connectivity index is 2.66. The number of anilines is 1. The summed E-state index contributed by atoms with van der Waals surface area (Å²) in [6.45, 7) is 0.311. The second-order valence-electron chi connectivity index (χ2n) is 3.74. The van der Waals surface area contributed by atoms with Gasteiger partial charge in [0.1, 0.15) is 0 Å². The Labute approximate surface area is 99.6 Å². The number of aliphatic hydroxyl groups excluding tert-OH is 1. The van der Waals surface area contributed by atoms with Crippen LogP contribution in [0.5, 0.6) is 0 Å². The molecule has 1 heterocycles. The van der Waals surface area contributed by atoms with E-state index >= 15 is 0 Å². The summed E-state index contributed by atoms with van der Waals surface area (Å²) in [6, 6.07) is -0.251. The molecular weight excluding hydrogens is 224 g/mol. The number of aryl methyl sites for hydroxylation is 1. The van der Waals surface area contributed by atoms with Gasteiger partial charge in [0.15, 0.2) is 5.69 Å². The second kappa shape index (κ2) is 6.21. The van der Waals surface area contributed by atoms with Gasteiger partial charge in [0, 0.05) is 27.0 Å². The number of rotatable bonds is 6. The van der Waals surface area contributed by atoms with Gasteiger partial charge in [-0.05, 0) is 6.42 Å². The maximum Gasteiger partial charge on any atom is 0.274 e. The molecule has 0 bridgehead atoms. The van der Waals surface area contributed by atoms with Gasteiger partial charge in [0.05, 0.1) is 18.3 Å². The number of ether oxygens (including phenoxy) is 1. The lowest BCUT2D eigenvalue weighted by atomic mass is 10.2. The van der Waals surface area contributed by atoms with E-state index in [0.717, 1.165) is 0 Å². The molecule has 0 spiro atoms. The van der Waals surface area contributed by atoms with Gasteiger partial charge >= 0.3 is 0 Å². The van der Waals surface area contributed by atoms with Gasteiger partial charge in [-0.2, -0.15) is 5.10 Å². The predicted octanol–water partition coefficient (Wildman–Crippen LogP) is -0.870. The van der Waals surface area contributed by atoms with Gasteiger partial charge in [-0.1, -0.05) is 0 Å². The second-order valence-corrected chi connectivity index (χ2v) is 3.74. The molecule has 0 saturated heterocycles. The zero-order chi connectivity index (χ0) is 12.8. The largest absolute Gasteiger partial charge is 0.396 e. The van der Waals surface area contributed by atoms with E-state index in [1.807, 2.05) is 0 Å². The summed E-state index contributed by atoms with van der Waals surface area (Å²) in [6.07, 6.45) is 1.98. The van der Waals surface area contributed by atoms with Crippen LogP contribution in [-0.4, -0.2) is 47.2 Å². The molecule has 1 aromatic heterocycles. The van der Waals surface area contributed by atoms with Gasteiger partial charge in [-0.3, -0.25) is 9.48 Å². The minimum atomic E-state index is -0.362. The van der Waals surface area contributed by atoms with E-state index in [9.17, 15) is 4.79 Å². The van der Waals surface area contributed by atoms with Crippen molar-refractivity contribution in [2.24, 2.45) is 7.05 Å². The van der Waals surface area contributed by atoms with Crippen LogP contribution in [0.4, 0.5) is 5.69 Å². The maximum atomic E-state index is 11.8. The number of aromatic nitrogens is 2. The Morgan fingerprint density at radius 1 is 1.76 bits per heavy atom. The highest BCUT2D eigenvalue weighted by Gasteiger charge is 2.18. The molecule has 0 aliphatic rings. The van der Waals surface area contributed by atoms with Crippen molar-refractivity contribution in [3.05, 3.63) is 11.9 Å². The van der Waals surface area contributed by atoms with Crippen molar-refractivity contribution < 1.29 is 14.6 Å². The average Bonchev–Trinajstić information content (AvgIpc) is 2.58. The summed E-state index contributed by atoms with van der Waals surface area (Å²) in [4.78, 5) is 11.8. The smallest absolute Gasteiger partial charge is 0.274 e. The first-order chi connectivity index (χ1) is 8.08.